The van der Waals surface area contributed by atoms with Gasteiger partial charge in [-0.15, -0.1) is 0 Å². The van der Waals surface area contributed by atoms with Crippen LogP contribution in [0.3, 0.4) is 0 Å². The molecule has 1 N–H and O–H groups in total. The van der Waals surface area contributed by atoms with Crippen LogP contribution in [-0.4, -0.2) is 60.2 Å². The predicted molar refractivity (Wildman–Crippen MR) is 122 cm³/mol. The molecule has 0 radical (unpaired) electrons. The fourth-order valence-electron chi connectivity index (χ4n) is 3.39. The maximum Gasteiger partial charge on any atom is 0.221 e. The summed E-state index contributed by atoms with van der Waals surface area (Å²) in [5, 5.41) is 4.38. The van der Waals surface area contributed by atoms with Crippen LogP contribution in [0.5, 0.6) is 5.75 Å². The third-order valence-corrected chi connectivity index (χ3v) is 5.80. The van der Waals surface area contributed by atoms with Crippen molar-refractivity contribution < 1.29 is 14.3 Å². The highest BCUT2D eigenvalue weighted by Gasteiger charge is 2.11. The Morgan fingerprint density at radius 1 is 1.19 bits per heavy atom. The fourth-order valence-corrected chi connectivity index (χ4v) is 4.11. The molecule has 2 aromatic carbocycles. The van der Waals surface area contributed by atoms with Crippen molar-refractivity contribution in [1.82, 2.24) is 14.9 Å². The topological polar surface area (TPSA) is 76.6 Å². The Kier molecular flexibility index (Phi) is 7.35. The minimum absolute atomic E-state index is 0.0873. The molecule has 1 aromatic heterocycles. The number of morpholine rings is 1. The number of aromatic nitrogens is 2. The van der Waals surface area contributed by atoms with Gasteiger partial charge in [-0.25, -0.2) is 9.97 Å². The molecule has 1 saturated heterocycles. The summed E-state index contributed by atoms with van der Waals surface area (Å²) >= 11 is 1.48. The molecule has 1 amide bonds. The van der Waals surface area contributed by atoms with E-state index in [-0.39, 0.29) is 5.91 Å². The van der Waals surface area contributed by atoms with E-state index in [1.807, 2.05) is 48.7 Å². The molecule has 0 atom stereocenters. The Balaban J connectivity index is 1.39. The van der Waals surface area contributed by atoms with Gasteiger partial charge in [-0.3, -0.25) is 9.69 Å². The number of carbonyl (C=O) groups is 1. The van der Waals surface area contributed by atoms with Gasteiger partial charge in [0.25, 0.3) is 0 Å². The van der Waals surface area contributed by atoms with Crippen LogP contribution in [0.25, 0.3) is 10.9 Å². The third kappa shape index (κ3) is 6.16. The third-order valence-electron chi connectivity index (χ3n) is 4.92. The lowest BCUT2D eigenvalue weighted by Gasteiger charge is -2.26. The van der Waals surface area contributed by atoms with Crippen LogP contribution in [0.4, 0.5) is 5.69 Å². The number of nitrogens with one attached hydrogen (secondary N) is 1. The normalized spacial score (nSPS) is 14.5. The zero-order valence-electron chi connectivity index (χ0n) is 17.5. The van der Waals surface area contributed by atoms with Crippen molar-refractivity contribution in [2.24, 2.45) is 0 Å². The summed E-state index contributed by atoms with van der Waals surface area (Å²) in [5.41, 5.74) is 1.59. The first kappa shape index (κ1) is 21.5. The van der Waals surface area contributed by atoms with Crippen LogP contribution >= 0.6 is 11.8 Å². The highest BCUT2D eigenvalue weighted by atomic mass is 32.2. The van der Waals surface area contributed by atoms with E-state index in [0.29, 0.717) is 11.8 Å². The summed E-state index contributed by atoms with van der Waals surface area (Å²) in [4.78, 5) is 23.8. The Labute approximate surface area is 186 Å². The molecule has 1 aliphatic rings. The minimum Gasteiger partial charge on any atom is -0.491 e. The summed E-state index contributed by atoms with van der Waals surface area (Å²) < 4.78 is 11.5. The van der Waals surface area contributed by atoms with E-state index in [1.165, 1.54) is 18.7 Å². The van der Waals surface area contributed by atoms with E-state index < -0.39 is 0 Å². The van der Waals surface area contributed by atoms with Gasteiger partial charge >= 0.3 is 0 Å². The van der Waals surface area contributed by atoms with Crippen molar-refractivity contribution in [2.75, 3.05) is 44.8 Å². The molecule has 7 nitrogen and oxygen atoms in total. The van der Waals surface area contributed by atoms with Gasteiger partial charge in [-0.05, 0) is 48.5 Å². The second-order valence-corrected chi connectivity index (χ2v) is 8.35. The lowest BCUT2D eigenvalue weighted by atomic mass is 10.2. The molecule has 3 aromatic rings. The summed E-state index contributed by atoms with van der Waals surface area (Å²) in [5.74, 6) is 0.695. The maximum atomic E-state index is 11.2. The van der Waals surface area contributed by atoms with Crippen molar-refractivity contribution in [3.05, 3.63) is 48.7 Å². The van der Waals surface area contributed by atoms with Crippen LogP contribution in [-0.2, 0) is 9.53 Å². The van der Waals surface area contributed by atoms with Crippen LogP contribution in [0.15, 0.2) is 58.7 Å². The Hall–Kier alpha value is -2.68. The largest absolute Gasteiger partial charge is 0.491 e. The first-order valence-electron chi connectivity index (χ1n) is 10.4. The average molecular weight is 439 g/mol. The van der Waals surface area contributed by atoms with Crippen LogP contribution in [0, 0.1) is 0 Å². The Morgan fingerprint density at radius 2 is 2.00 bits per heavy atom. The molecule has 0 saturated carbocycles. The molecule has 8 heteroatoms. The monoisotopic (exact) mass is 438 g/mol. The molecule has 0 aliphatic carbocycles. The number of benzene rings is 2. The van der Waals surface area contributed by atoms with Gasteiger partial charge < -0.3 is 14.8 Å². The summed E-state index contributed by atoms with van der Waals surface area (Å²) in [6, 6.07) is 13.5. The number of amides is 1. The van der Waals surface area contributed by atoms with Crippen molar-refractivity contribution in [3.63, 3.8) is 0 Å². The van der Waals surface area contributed by atoms with Crippen LogP contribution < -0.4 is 10.1 Å². The first-order valence-corrected chi connectivity index (χ1v) is 11.2. The van der Waals surface area contributed by atoms with Crippen molar-refractivity contribution in [1.29, 1.82) is 0 Å². The Bertz CT molecular complexity index is 1020. The number of anilines is 1. The second-order valence-electron chi connectivity index (χ2n) is 7.31. The lowest BCUT2D eigenvalue weighted by molar-refractivity contribution is -0.114. The number of para-hydroxylation sites is 1. The van der Waals surface area contributed by atoms with E-state index in [1.54, 1.807) is 0 Å². The molecular formula is C23H26N4O3S. The number of fused-ring (bicyclic) bond motifs is 1. The molecule has 1 fully saturated rings. The summed E-state index contributed by atoms with van der Waals surface area (Å²) in [6.07, 6.45) is 2.79. The number of hydrogen-bond acceptors (Lipinski definition) is 7. The molecule has 2 heterocycles. The number of hydrogen-bond donors (Lipinski definition) is 1. The zero-order chi connectivity index (χ0) is 21.5. The smallest absolute Gasteiger partial charge is 0.221 e. The van der Waals surface area contributed by atoms with Crippen molar-refractivity contribution in [3.8, 4) is 5.75 Å². The molecule has 0 bridgehead atoms. The molecule has 4 rings (SSSR count). The summed E-state index contributed by atoms with van der Waals surface area (Å²) in [7, 11) is 0. The zero-order valence-corrected chi connectivity index (χ0v) is 18.4. The average Bonchev–Trinajstić information content (AvgIpc) is 2.78. The van der Waals surface area contributed by atoms with Gasteiger partial charge in [0.2, 0.25) is 5.91 Å². The van der Waals surface area contributed by atoms with Gasteiger partial charge in [-0.1, -0.05) is 12.1 Å². The van der Waals surface area contributed by atoms with Gasteiger partial charge in [0.15, 0.2) is 5.16 Å². The number of rotatable bonds is 8. The van der Waals surface area contributed by atoms with E-state index in [9.17, 15) is 4.79 Å². The molecule has 31 heavy (non-hydrogen) atoms. The highest BCUT2D eigenvalue weighted by molar-refractivity contribution is 7.99. The molecule has 0 unspecified atom stereocenters. The van der Waals surface area contributed by atoms with Crippen molar-refractivity contribution >= 4 is 34.3 Å². The lowest BCUT2D eigenvalue weighted by Crippen LogP contribution is -2.37. The van der Waals surface area contributed by atoms with E-state index in [2.05, 4.69) is 15.2 Å². The van der Waals surface area contributed by atoms with Gasteiger partial charge in [-0.2, -0.15) is 0 Å². The quantitative estimate of drug-likeness (QED) is 0.423. The number of carbonyl (C=O) groups excluding carboxylic acids is 1. The van der Waals surface area contributed by atoms with Gasteiger partial charge in [0.1, 0.15) is 11.3 Å². The molecular weight excluding hydrogens is 412 g/mol. The maximum absolute atomic E-state index is 11.2. The highest BCUT2D eigenvalue weighted by Crippen LogP contribution is 2.30. The molecule has 1 aliphatic heterocycles. The Morgan fingerprint density at radius 3 is 2.77 bits per heavy atom. The fraction of sp³-hybridized carbons (Fsp3) is 0.348. The predicted octanol–water partition coefficient (Wildman–Crippen LogP) is 3.84. The standard InChI is InChI=1S/C23H26N4O3S/c1-17(28)25-19-6-8-20(9-7-19)31-23-24-16-18-4-2-5-21(22(18)26-23)30-13-3-10-27-11-14-29-15-12-27/h2,4-9,16H,3,10-15H2,1H3,(H,25,28). The van der Waals surface area contributed by atoms with E-state index >= 15 is 0 Å². The second kappa shape index (κ2) is 10.6. The molecule has 162 valence electrons. The SMILES string of the molecule is CC(=O)Nc1ccc(Sc2ncc3cccc(OCCCN4CCOCC4)c3n2)cc1. The van der Waals surface area contributed by atoms with Crippen LogP contribution in [0.1, 0.15) is 13.3 Å². The van der Waals surface area contributed by atoms with Gasteiger partial charge in [0.05, 0.1) is 19.8 Å². The van der Waals surface area contributed by atoms with E-state index in [0.717, 1.165) is 66.5 Å². The minimum atomic E-state index is -0.0873. The number of ether oxygens (including phenoxy) is 2. The van der Waals surface area contributed by atoms with Crippen LogP contribution in [0.2, 0.25) is 0 Å². The molecule has 0 spiro atoms. The van der Waals surface area contributed by atoms with Gasteiger partial charge in [0, 0.05) is 48.7 Å². The van der Waals surface area contributed by atoms with E-state index in [4.69, 9.17) is 14.5 Å². The van der Waals surface area contributed by atoms with Crippen molar-refractivity contribution in [2.45, 2.75) is 23.4 Å². The first-order chi connectivity index (χ1) is 15.2. The summed E-state index contributed by atoms with van der Waals surface area (Å²) in [6.45, 7) is 6.77. The number of nitrogens with zero attached hydrogens (tertiary/aromatic N) is 3.